The molecular weight excluding hydrogens is 386 g/mol. The van der Waals surface area contributed by atoms with Gasteiger partial charge >= 0.3 is 0 Å². The van der Waals surface area contributed by atoms with Gasteiger partial charge in [-0.25, -0.2) is 0 Å². The normalized spacial score (nSPS) is 15.0. The second-order valence-corrected chi connectivity index (χ2v) is 8.62. The molecule has 0 bridgehead atoms. The lowest BCUT2D eigenvalue weighted by atomic mass is 9.89. The molecule has 0 aliphatic heterocycles. The van der Waals surface area contributed by atoms with Crippen LogP contribution in [0.2, 0.25) is 5.02 Å². The van der Waals surface area contributed by atoms with Crippen LogP contribution < -0.4 is 10.1 Å². The molecule has 1 aliphatic rings. The topological polar surface area (TPSA) is 55.4 Å². The van der Waals surface area contributed by atoms with Gasteiger partial charge in [-0.15, -0.1) is 0 Å². The molecule has 154 valence electrons. The molecule has 1 N–H and O–H groups in total. The molecule has 0 saturated heterocycles. The van der Waals surface area contributed by atoms with Crippen molar-refractivity contribution in [3.05, 3.63) is 64.7 Å². The van der Waals surface area contributed by atoms with Crippen molar-refractivity contribution in [2.75, 3.05) is 6.54 Å². The summed E-state index contributed by atoms with van der Waals surface area (Å²) in [6.07, 6.45) is 6.17. The molecule has 29 heavy (non-hydrogen) atoms. The zero-order valence-electron chi connectivity index (χ0n) is 17.0. The number of hydrogen-bond acceptors (Lipinski definition) is 3. The highest BCUT2D eigenvalue weighted by atomic mass is 35.5. The predicted octanol–water partition coefficient (Wildman–Crippen LogP) is 5.42. The van der Waals surface area contributed by atoms with Gasteiger partial charge < -0.3 is 10.1 Å². The third kappa shape index (κ3) is 5.83. The monoisotopic (exact) mass is 413 g/mol. The second-order valence-electron chi connectivity index (χ2n) is 8.19. The Hall–Kier alpha value is -2.33. The molecule has 0 spiro atoms. The summed E-state index contributed by atoms with van der Waals surface area (Å²) in [5.74, 6) is 0.916. The van der Waals surface area contributed by atoms with Crippen LogP contribution in [-0.2, 0) is 4.79 Å². The number of carbonyl (C=O) groups is 2. The Morgan fingerprint density at radius 2 is 1.52 bits per heavy atom. The summed E-state index contributed by atoms with van der Waals surface area (Å²) < 4.78 is 5.92. The molecule has 2 aromatic carbocycles. The SMILES string of the molecule is CC(C)(Oc1ccc(C(=O)c2ccc(Cl)cc2)cc1)C(=O)NCC1CCCCC1. The Morgan fingerprint density at radius 1 is 0.966 bits per heavy atom. The molecule has 0 heterocycles. The maximum atomic E-state index is 12.6. The summed E-state index contributed by atoms with van der Waals surface area (Å²) in [6, 6.07) is 13.7. The standard InChI is InChI=1S/C24H28ClNO3/c1-24(2,23(28)26-16-17-6-4-3-5-7-17)29-21-14-10-19(11-15-21)22(27)18-8-12-20(25)13-9-18/h8-15,17H,3-7,16H2,1-2H3,(H,26,28). The van der Waals surface area contributed by atoms with Crippen LogP contribution >= 0.6 is 11.6 Å². The van der Waals surface area contributed by atoms with Crippen molar-refractivity contribution in [2.24, 2.45) is 5.92 Å². The number of ether oxygens (including phenoxy) is 1. The third-order valence-corrected chi connectivity index (χ3v) is 5.67. The number of nitrogens with one attached hydrogen (secondary N) is 1. The van der Waals surface area contributed by atoms with Crippen LogP contribution in [0.1, 0.15) is 61.9 Å². The van der Waals surface area contributed by atoms with Crippen LogP contribution in [0, 0.1) is 5.92 Å². The summed E-state index contributed by atoms with van der Waals surface area (Å²) in [5.41, 5.74) is 0.140. The fourth-order valence-corrected chi connectivity index (χ4v) is 3.75. The number of halogens is 1. The van der Waals surface area contributed by atoms with Crippen molar-refractivity contribution in [1.82, 2.24) is 5.32 Å². The van der Waals surface area contributed by atoms with E-state index in [1.807, 2.05) is 0 Å². The summed E-state index contributed by atoms with van der Waals surface area (Å²) in [6.45, 7) is 4.23. The van der Waals surface area contributed by atoms with E-state index in [0.29, 0.717) is 34.4 Å². The Morgan fingerprint density at radius 3 is 2.10 bits per heavy atom. The van der Waals surface area contributed by atoms with Crippen molar-refractivity contribution in [3.63, 3.8) is 0 Å². The molecule has 3 rings (SSSR count). The number of rotatable bonds is 7. The first-order valence-corrected chi connectivity index (χ1v) is 10.6. The minimum atomic E-state index is -0.990. The fraction of sp³-hybridized carbons (Fsp3) is 0.417. The molecule has 1 amide bonds. The summed E-state index contributed by atoms with van der Waals surface area (Å²) in [7, 11) is 0. The van der Waals surface area contributed by atoms with E-state index in [-0.39, 0.29) is 11.7 Å². The third-order valence-electron chi connectivity index (χ3n) is 5.42. The highest BCUT2D eigenvalue weighted by molar-refractivity contribution is 6.30. The lowest BCUT2D eigenvalue weighted by molar-refractivity contribution is -0.134. The van der Waals surface area contributed by atoms with Crippen LogP contribution in [0.3, 0.4) is 0 Å². The Balaban J connectivity index is 1.58. The van der Waals surface area contributed by atoms with Crippen LogP contribution in [0.15, 0.2) is 48.5 Å². The van der Waals surface area contributed by atoms with E-state index in [0.717, 1.165) is 0 Å². The van der Waals surface area contributed by atoms with E-state index in [2.05, 4.69) is 5.32 Å². The van der Waals surface area contributed by atoms with Gasteiger partial charge in [0.15, 0.2) is 11.4 Å². The van der Waals surface area contributed by atoms with Gasteiger partial charge in [-0.05, 0) is 81.1 Å². The Kier molecular flexibility index (Phi) is 6.96. The lowest BCUT2D eigenvalue weighted by Crippen LogP contribution is -2.47. The fourth-order valence-electron chi connectivity index (χ4n) is 3.62. The molecule has 0 atom stereocenters. The predicted molar refractivity (Wildman–Crippen MR) is 116 cm³/mol. The number of ketones is 1. The van der Waals surface area contributed by atoms with E-state index in [1.54, 1.807) is 62.4 Å². The zero-order valence-corrected chi connectivity index (χ0v) is 17.8. The van der Waals surface area contributed by atoms with Crippen LogP contribution in [0.4, 0.5) is 0 Å². The highest BCUT2D eigenvalue weighted by Gasteiger charge is 2.30. The van der Waals surface area contributed by atoms with E-state index < -0.39 is 5.60 Å². The van der Waals surface area contributed by atoms with E-state index >= 15 is 0 Å². The first-order chi connectivity index (χ1) is 13.8. The van der Waals surface area contributed by atoms with Gasteiger partial charge in [0.1, 0.15) is 5.75 Å². The van der Waals surface area contributed by atoms with Crippen LogP contribution in [0.25, 0.3) is 0 Å². The van der Waals surface area contributed by atoms with Gasteiger partial charge in [-0.2, -0.15) is 0 Å². The molecule has 2 aromatic rings. The molecular formula is C24H28ClNO3. The van der Waals surface area contributed by atoms with Gasteiger partial charge in [0.05, 0.1) is 0 Å². The van der Waals surface area contributed by atoms with E-state index in [9.17, 15) is 9.59 Å². The molecule has 0 unspecified atom stereocenters. The molecule has 1 saturated carbocycles. The zero-order chi connectivity index (χ0) is 20.9. The largest absolute Gasteiger partial charge is 0.478 e. The maximum absolute atomic E-state index is 12.6. The number of amides is 1. The van der Waals surface area contributed by atoms with Crippen molar-refractivity contribution in [2.45, 2.75) is 51.6 Å². The summed E-state index contributed by atoms with van der Waals surface area (Å²) in [4.78, 5) is 25.1. The molecule has 5 heteroatoms. The first-order valence-electron chi connectivity index (χ1n) is 10.2. The van der Waals surface area contributed by atoms with Crippen molar-refractivity contribution >= 4 is 23.3 Å². The molecule has 0 aromatic heterocycles. The van der Waals surface area contributed by atoms with Crippen molar-refractivity contribution < 1.29 is 14.3 Å². The molecule has 1 aliphatic carbocycles. The van der Waals surface area contributed by atoms with Gasteiger partial charge in [0.2, 0.25) is 0 Å². The summed E-state index contributed by atoms with van der Waals surface area (Å²) >= 11 is 5.88. The second kappa shape index (κ2) is 9.45. The molecule has 0 radical (unpaired) electrons. The minimum Gasteiger partial charge on any atom is -0.478 e. The first kappa shape index (κ1) is 21.4. The minimum absolute atomic E-state index is 0.0855. The average Bonchev–Trinajstić information content (AvgIpc) is 2.73. The van der Waals surface area contributed by atoms with Crippen molar-refractivity contribution in [3.8, 4) is 5.75 Å². The van der Waals surface area contributed by atoms with Crippen molar-refractivity contribution in [1.29, 1.82) is 0 Å². The van der Waals surface area contributed by atoms with Gasteiger partial charge in [-0.3, -0.25) is 9.59 Å². The van der Waals surface area contributed by atoms with E-state index in [1.165, 1.54) is 32.1 Å². The van der Waals surface area contributed by atoms with E-state index in [4.69, 9.17) is 16.3 Å². The van der Waals surface area contributed by atoms with Crippen LogP contribution in [-0.4, -0.2) is 23.8 Å². The molecule has 4 nitrogen and oxygen atoms in total. The number of benzene rings is 2. The highest BCUT2D eigenvalue weighted by Crippen LogP contribution is 2.24. The van der Waals surface area contributed by atoms with Gasteiger partial charge in [0.25, 0.3) is 5.91 Å². The Labute approximate surface area is 177 Å². The number of carbonyl (C=O) groups excluding carboxylic acids is 2. The van der Waals surface area contributed by atoms with Gasteiger partial charge in [-0.1, -0.05) is 30.9 Å². The van der Waals surface area contributed by atoms with Gasteiger partial charge in [0, 0.05) is 22.7 Å². The smallest absolute Gasteiger partial charge is 0.263 e. The maximum Gasteiger partial charge on any atom is 0.263 e. The quantitative estimate of drug-likeness (QED) is 0.616. The van der Waals surface area contributed by atoms with Crippen LogP contribution in [0.5, 0.6) is 5.75 Å². The molecule has 1 fully saturated rings. The Bertz CT molecular complexity index is 837. The average molecular weight is 414 g/mol. The summed E-state index contributed by atoms with van der Waals surface area (Å²) in [5, 5.41) is 3.63. The lowest BCUT2D eigenvalue weighted by Gasteiger charge is -2.28. The number of hydrogen-bond donors (Lipinski definition) is 1.